The Hall–Kier alpha value is -1.72. The first kappa shape index (κ1) is 21.3. The van der Waals surface area contributed by atoms with Crippen LogP contribution in [0.1, 0.15) is 44.0 Å². The molecule has 0 saturated heterocycles. The number of ether oxygens (including phenoxy) is 2. The second-order valence-corrected chi connectivity index (χ2v) is 4.49. The lowest BCUT2D eigenvalue weighted by Gasteiger charge is -2.07. The second-order valence-electron chi connectivity index (χ2n) is 4.49. The Kier molecular flexibility index (Phi) is 14.1. The number of rotatable bonds is 11. The summed E-state index contributed by atoms with van der Waals surface area (Å²) in [6.45, 7) is 8.11. The largest absolute Gasteiger partial charge is 0.379 e. The van der Waals surface area contributed by atoms with E-state index < -0.39 is 0 Å². The summed E-state index contributed by atoms with van der Waals surface area (Å²) in [5, 5.41) is 2.77. The molecule has 5 nitrogen and oxygen atoms in total. The van der Waals surface area contributed by atoms with Gasteiger partial charge in [0.2, 0.25) is 0 Å². The summed E-state index contributed by atoms with van der Waals surface area (Å²) in [4.78, 5) is 22.7. The first-order chi connectivity index (χ1) is 11.2. The third-order valence-corrected chi connectivity index (χ3v) is 2.86. The maximum Gasteiger partial charge on any atom is 0.251 e. The Morgan fingerprint density at radius 1 is 0.957 bits per heavy atom. The minimum Gasteiger partial charge on any atom is -0.379 e. The van der Waals surface area contributed by atoms with E-state index in [1.807, 2.05) is 39.0 Å². The third-order valence-electron chi connectivity index (χ3n) is 2.86. The van der Waals surface area contributed by atoms with E-state index in [9.17, 15) is 9.59 Å². The molecule has 0 bridgehead atoms. The highest BCUT2D eigenvalue weighted by Crippen LogP contribution is 1.97. The quantitative estimate of drug-likeness (QED) is 0.636. The molecule has 0 heterocycles. The molecule has 0 radical (unpaired) electrons. The molecular formula is C18H29NO4. The van der Waals surface area contributed by atoms with E-state index in [4.69, 9.17) is 9.47 Å². The molecule has 0 saturated carbocycles. The van der Waals surface area contributed by atoms with E-state index in [0.717, 1.165) is 0 Å². The molecule has 0 aliphatic carbocycles. The van der Waals surface area contributed by atoms with Crippen LogP contribution in [0.3, 0.4) is 0 Å². The van der Waals surface area contributed by atoms with Gasteiger partial charge in [0.15, 0.2) is 0 Å². The normalized spacial score (nSPS) is 9.70. The number of carbonyl (C=O) groups excluding carboxylic acids is 2. The van der Waals surface area contributed by atoms with Crippen LogP contribution in [0.25, 0.3) is 0 Å². The minimum absolute atomic E-state index is 0.103. The first-order valence-corrected chi connectivity index (χ1v) is 8.24. The van der Waals surface area contributed by atoms with Crippen molar-refractivity contribution in [2.45, 2.75) is 33.6 Å². The van der Waals surface area contributed by atoms with Crippen LogP contribution in [0, 0.1) is 0 Å². The first-order valence-electron chi connectivity index (χ1n) is 8.24. The van der Waals surface area contributed by atoms with Crippen molar-refractivity contribution in [3.63, 3.8) is 0 Å². The Bertz CT molecular complexity index is 420. The van der Waals surface area contributed by atoms with Gasteiger partial charge in [-0.1, -0.05) is 39.0 Å². The molecule has 0 unspecified atom stereocenters. The molecule has 1 rings (SSSR count). The van der Waals surface area contributed by atoms with E-state index >= 15 is 0 Å². The molecule has 1 N–H and O–H groups in total. The van der Waals surface area contributed by atoms with Gasteiger partial charge in [0.1, 0.15) is 5.78 Å². The smallest absolute Gasteiger partial charge is 0.251 e. The zero-order valence-electron chi connectivity index (χ0n) is 14.5. The van der Waals surface area contributed by atoms with Gasteiger partial charge < -0.3 is 14.8 Å². The summed E-state index contributed by atoms with van der Waals surface area (Å²) in [5.41, 5.74) is 0.640. The van der Waals surface area contributed by atoms with Gasteiger partial charge in [-0.3, -0.25) is 9.59 Å². The van der Waals surface area contributed by atoms with Crippen LogP contribution in [-0.4, -0.2) is 44.7 Å². The SMILES string of the molecule is CC.CCC(=O)CCOCCOCCNC(=O)c1ccccc1. The maximum atomic E-state index is 11.7. The lowest BCUT2D eigenvalue weighted by Crippen LogP contribution is -2.27. The number of Topliss-reactive ketones (excluding diaryl/α,β-unsaturated/α-hetero) is 1. The Labute approximate surface area is 139 Å². The predicted octanol–water partition coefficient (Wildman–Crippen LogP) is 2.85. The molecule has 0 fully saturated rings. The highest BCUT2D eigenvalue weighted by Gasteiger charge is 2.02. The molecule has 1 aromatic carbocycles. The fourth-order valence-electron chi connectivity index (χ4n) is 1.61. The van der Waals surface area contributed by atoms with Crippen molar-refractivity contribution >= 4 is 11.7 Å². The number of benzene rings is 1. The van der Waals surface area contributed by atoms with Crippen molar-refractivity contribution in [1.29, 1.82) is 0 Å². The molecule has 0 aliphatic heterocycles. The summed E-state index contributed by atoms with van der Waals surface area (Å²) in [7, 11) is 0. The average Bonchev–Trinajstić information content (AvgIpc) is 2.62. The van der Waals surface area contributed by atoms with Gasteiger partial charge in [-0.2, -0.15) is 0 Å². The van der Waals surface area contributed by atoms with Crippen LogP contribution in [0.2, 0.25) is 0 Å². The zero-order valence-corrected chi connectivity index (χ0v) is 14.5. The van der Waals surface area contributed by atoms with Crippen molar-refractivity contribution in [2.24, 2.45) is 0 Å². The molecule has 23 heavy (non-hydrogen) atoms. The lowest BCUT2D eigenvalue weighted by atomic mass is 10.2. The van der Waals surface area contributed by atoms with Crippen LogP contribution in [0.5, 0.6) is 0 Å². The van der Waals surface area contributed by atoms with Crippen molar-refractivity contribution in [1.82, 2.24) is 5.32 Å². The molecule has 0 aliphatic rings. The molecule has 1 aromatic rings. The minimum atomic E-state index is -0.103. The van der Waals surface area contributed by atoms with Crippen molar-refractivity contribution in [3.8, 4) is 0 Å². The molecule has 0 atom stereocenters. The molecular weight excluding hydrogens is 294 g/mol. The maximum absolute atomic E-state index is 11.7. The summed E-state index contributed by atoms with van der Waals surface area (Å²) < 4.78 is 10.6. The molecule has 5 heteroatoms. The van der Waals surface area contributed by atoms with E-state index in [2.05, 4.69) is 5.32 Å². The summed E-state index contributed by atoms with van der Waals surface area (Å²) in [6, 6.07) is 9.05. The molecule has 1 amide bonds. The van der Waals surface area contributed by atoms with Crippen LogP contribution in [-0.2, 0) is 14.3 Å². The Morgan fingerprint density at radius 2 is 1.57 bits per heavy atom. The van der Waals surface area contributed by atoms with Crippen LogP contribution in [0.15, 0.2) is 30.3 Å². The van der Waals surface area contributed by atoms with Crippen LogP contribution in [0.4, 0.5) is 0 Å². The van der Waals surface area contributed by atoms with Gasteiger partial charge in [0, 0.05) is 24.9 Å². The fraction of sp³-hybridized carbons (Fsp3) is 0.556. The van der Waals surface area contributed by atoms with Crippen molar-refractivity contribution in [3.05, 3.63) is 35.9 Å². The third kappa shape index (κ3) is 11.5. The number of hydrogen-bond acceptors (Lipinski definition) is 4. The van der Waals surface area contributed by atoms with Crippen LogP contribution >= 0.6 is 0 Å². The number of amides is 1. The second kappa shape index (κ2) is 15.2. The Balaban J connectivity index is 0.00000232. The standard InChI is InChI=1S/C16H23NO4.C2H6/c1-2-15(18)8-10-20-12-13-21-11-9-17-16(19)14-6-4-3-5-7-14;1-2/h3-7H,2,8-13H2,1H3,(H,17,19);1-2H3. The van der Waals surface area contributed by atoms with Gasteiger partial charge in [0.25, 0.3) is 5.91 Å². The van der Waals surface area contributed by atoms with E-state index in [1.165, 1.54) is 0 Å². The fourth-order valence-corrected chi connectivity index (χ4v) is 1.61. The lowest BCUT2D eigenvalue weighted by molar-refractivity contribution is -0.119. The average molecular weight is 323 g/mol. The number of nitrogens with one attached hydrogen (secondary N) is 1. The van der Waals surface area contributed by atoms with E-state index in [0.29, 0.717) is 51.4 Å². The van der Waals surface area contributed by atoms with Gasteiger partial charge in [-0.05, 0) is 12.1 Å². The predicted molar refractivity (Wildman–Crippen MR) is 91.7 cm³/mol. The summed E-state index contributed by atoms with van der Waals surface area (Å²) in [6.07, 6.45) is 1.02. The van der Waals surface area contributed by atoms with E-state index in [-0.39, 0.29) is 11.7 Å². The molecule has 130 valence electrons. The molecule has 0 aromatic heterocycles. The number of hydrogen-bond donors (Lipinski definition) is 1. The van der Waals surface area contributed by atoms with Crippen molar-refractivity contribution < 1.29 is 19.1 Å². The van der Waals surface area contributed by atoms with Crippen LogP contribution < -0.4 is 5.32 Å². The number of carbonyl (C=O) groups is 2. The van der Waals surface area contributed by atoms with Gasteiger partial charge in [-0.25, -0.2) is 0 Å². The van der Waals surface area contributed by atoms with Gasteiger partial charge in [0.05, 0.1) is 26.4 Å². The van der Waals surface area contributed by atoms with E-state index in [1.54, 1.807) is 12.1 Å². The van der Waals surface area contributed by atoms with Gasteiger partial charge >= 0.3 is 0 Å². The Morgan fingerprint density at radius 3 is 2.17 bits per heavy atom. The van der Waals surface area contributed by atoms with Gasteiger partial charge in [-0.15, -0.1) is 0 Å². The highest BCUT2D eigenvalue weighted by atomic mass is 16.5. The summed E-state index contributed by atoms with van der Waals surface area (Å²) in [5.74, 6) is 0.105. The highest BCUT2D eigenvalue weighted by molar-refractivity contribution is 5.94. The molecule has 0 spiro atoms. The van der Waals surface area contributed by atoms with Crippen molar-refractivity contribution in [2.75, 3.05) is 33.0 Å². The zero-order chi connectivity index (χ0) is 17.3. The topological polar surface area (TPSA) is 64.6 Å². The summed E-state index contributed by atoms with van der Waals surface area (Å²) >= 11 is 0. The monoisotopic (exact) mass is 323 g/mol. The number of ketones is 1.